The maximum Gasteiger partial charge on any atom is 0.212 e. The molecule has 0 aliphatic carbocycles. The largest absolute Gasteiger partial charge is 0.212 e. The van der Waals surface area contributed by atoms with Gasteiger partial charge in [0, 0.05) is 6.04 Å². The summed E-state index contributed by atoms with van der Waals surface area (Å²) in [6.07, 6.45) is 5.61. The number of hydrogen-bond acceptors (Lipinski definition) is 2. The fraction of sp³-hybridized carbons (Fsp3) is 0.857. The molecule has 0 aromatic carbocycles. The van der Waals surface area contributed by atoms with E-state index >= 15 is 0 Å². The molecule has 108 valence electrons. The number of allylic oxidation sites excluding steroid dienone is 2. The van der Waals surface area contributed by atoms with Crippen molar-refractivity contribution in [1.29, 1.82) is 0 Å². The Bertz CT molecular complexity index is 350. The Morgan fingerprint density at radius 3 is 2.11 bits per heavy atom. The lowest BCUT2D eigenvalue weighted by molar-refractivity contribution is 0.317. The second-order valence-corrected chi connectivity index (χ2v) is 8.29. The van der Waals surface area contributed by atoms with Crippen LogP contribution >= 0.6 is 0 Å². The molecule has 0 saturated carbocycles. The van der Waals surface area contributed by atoms with E-state index in [9.17, 15) is 8.42 Å². The average molecular weight is 275 g/mol. The van der Waals surface area contributed by atoms with Gasteiger partial charge in [-0.3, -0.25) is 0 Å². The third-order valence-corrected chi connectivity index (χ3v) is 4.47. The van der Waals surface area contributed by atoms with Gasteiger partial charge in [-0.15, -0.1) is 0 Å². The Morgan fingerprint density at radius 1 is 1.11 bits per heavy atom. The van der Waals surface area contributed by atoms with Crippen LogP contribution in [0, 0.1) is 11.3 Å². The first-order chi connectivity index (χ1) is 8.04. The van der Waals surface area contributed by atoms with Crippen LogP contribution in [-0.4, -0.2) is 20.2 Å². The first kappa shape index (κ1) is 17.6. The molecule has 0 aromatic heterocycles. The van der Waals surface area contributed by atoms with Gasteiger partial charge in [0.15, 0.2) is 0 Å². The van der Waals surface area contributed by atoms with Gasteiger partial charge in [0.2, 0.25) is 10.0 Å². The molecule has 0 radical (unpaired) electrons. The molecule has 18 heavy (non-hydrogen) atoms. The molecule has 0 amide bonds. The van der Waals surface area contributed by atoms with Crippen LogP contribution in [0.5, 0.6) is 0 Å². The van der Waals surface area contributed by atoms with E-state index in [4.69, 9.17) is 0 Å². The molecule has 0 bridgehead atoms. The van der Waals surface area contributed by atoms with Gasteiger partial charge in [-0.1, -0.05) is 46.8 Å². The number of sulfonamides is 1. The van der Waals surface area contributed by atoms with E-state index < -0.39 is 10.0 Å². The fourth-order valence-corrected chi connectivity index (χ4v) is 2.67. The van der Waals surface area contributed by atoms with Crippen molar-refractivity contribution in [2.75, 3.05) is 5.75 Å². The molecule has 0 aliphatic rings. The maximum atomic E-state index is 11.8. The molecule has 0 spiro atoms. The Morgan fingerprint density at radius 2 is 1.67 bits per heavy atom. The molecular weight excluding hydrogens is 246 g/mol. The van der Waals surface area contributed by atoms with Crippen molar-refractivity contribution in [2.24, 2.45) is 11.3 Å². The van der Waals surface area contributed by atoms with Crippen LogP contribution in [0.2, 0.25) is 0 Å². The summed E-state index contributed by atoms with van der Waals surface area (Å²) in [6, 6.07) is -0.0536. The van der Waals surface area contributed by atoms with Gasteiger partial charge in [0.25, 0.3) is 0 Å². The lowest BCUT2D eigenvalue weighted by atomic mass is 9.89. The predicted octanol–water partition coefficient (Wildman–Crippen LogP) is 3.33. The van der Waals surface area contributed by atoms with Crippen LogP contribution in [0.1, 0.15) is 54.4 Å². The molecule has 0 aliphatic heterocycles. The summed E-state index contributed by atoms with van der Waals surface area (Å²) in [5.41, 5.74) is -0.0550. The minimum absolute atomic E-state index is 0.0536. The van der Waals surface area contributed by atoms with Crippen molar-refractivity contribution in [2.45, 2.75) is 60.4 Å². The Kier molecular flexibility index (Phi) is 7.15. The highest BCUT2D eigenvalue weighted by atomic mass is 32.2. The zero-order valence-electron chi connectivity index (χ0n) is 12.7. The minimum Gasteiger partial charge on any atom is -0.212 e. The zero-order chi connectivity index (χ0) is 14.4. The highest BCUT2D eigenvalue weighted by molar-refractivity contribution is 7.89. The second-order valence-electron chi connectivity index (χ2n) is 6.41. The lowest BCUT2D eigenvalue weighted by Crippen LogP contribution is -2.42. The quantitative estimate of drug-likeness (QED) is 0.724. The summed E-state index contributed by atoms with van der Waals surface area (Å²) in [5, 5.41) is 0. The Hall–Kier alpha value is -0.350. The van der Waals surface area contributed by atoms with Gasteiger partial charge in [0.05, 0.1) is 5.75 Å². The SMILES string of the molecule is CC(C)C/C=C/CCS(=O)(=O)N[C@H](C)C(C)(C)C. The number of hydrogen-bond donors (Lipinski definition) is 1. The monoisotopic (exact) mass is 275 g/mol. The van der Waals surface area contributed by atoms with Crippen LogP contribution in [0.4, 0.5) is 0 Å². The normalized spacial score (nSPS) is 15.5. The lowest BCUT2D eigenvalue weighted by Gasteiger charge is -2.27. The number of rotatable bonds is 7. The van der Waals surface area contributed by atoms with Gasteiger partial charge >= 0.3 is 0 Å². The van der Waals surface area contributed by atoms with E-state index in [2.05, 4.69) is 24.6 Å². The van der Waals surface area contributed by atoms with E-state index in [0.29, 0.717) is 12.3 Å². The topological polar surface area (TPSA) is 46.2 Å². The highest BCUT2D eigenvalue weighted by Crippen LogP contribution is 2.19. The van der Waals surface area contributed by atoms with Gasteiger partial charge in [0.1, 0.15) is 0 Å². The van der Waals surface area contributed by atoms with E-state index in [1.807, 2.05) is 33.8 Å². The maximum absolute atomic E-state index is 11.8. The molecule has 3 nitrogen and oxygen atoms in total. The van der Waals surface area contributed by atoms with Crippen molar-refractivity contribution >= 4 is 10.0 Å². The standard InChI is InChI=1S/C14H29NO2S/c1-12(2)10-8-7-9-11-18(16,17)15-13(3)14(4,5)6/h7-8,12-13,15H,9-11H2,1-6H3/b8-7+/t13-/m1/s1. The van der Waals surface area contributed by atoms with Gasteiger partial charge < -0.3 is 0 Å². The fourth-order valence-electron chi connectivity index (χ4n) is 1.21. The van der Waals surface area contributed by atoms with Crippen molar-refractivity contribution in [1.82, 2.24) is 4.72 Å². The summed E-state index contributed by atoms with van der Waals surface area (Å²) < 4.78 is 26.4. The molecule has 0 saturated heterocycles. The summed E-state index contributed by atoms with van der Waals surface area (Å²) in [4.78, 5) is 0. The summed E-state index contributed by atoms with van der Waals surface area (Å²) in [6.45, 7) is 12.3. The zero-order valence-corrected chi connectivity index (χ0v) is 13.5. The molecule has 1 atom stereocenters. The predicted molar refractivity (Wildman–Crippen MR) is 79.1 cm³/mol. The molecule has 0 aromatic rings. The molecule has 0 heterocycles. The third kappa shape index (κ3) is 8.70. The van der Waals surface area contributed by atoms with Crippen molar-refractivity contribution in [3.8, 4) is 0 Å². The average Bonchev–Trinajstić information content (AvgIpc) is 2.14. The van der Waals surface area contributed by atoms with Crippen molar-refractivity contribution < 1.29 is 8.42 Å². The van der Waals surface area contributed by atoms with Gasteiger partial charge in [-0.25, -0.2) is 13.1 Å². The number of nitrogens with one attached hydrogen (secondary N) is 1. The van der Waals surface area contributed by atoms with Crippen LogP contribution in [0.3, 0.4) is 0 Å². The van der Waals surface area contributed by atoms with Crippen molar-refractivity contribution in [3.63, 3.8) is 0 Å². The van der Waals surface area contributed by atoms with Crippen LogP contribution in [-0.2, 0) is 10.0 Å². The van der Waals surface area contributed by atoms with E-state index in [1.54, 1.807) is 0 Å². The molecule has 0 fully saturated rings. The smallest absolute Gasteiger partial charge is 0.212 e. The Balaban J connectivity index is 4.14. The minimum atomic E-state index is -3.17. The van der Waals surface area contributed by atoms with E-state index in [1.165, 1.54) is 0 Å². The van der Waals surface area contributed by atoms with Gasteiger partial charge in [-0.05, 0) is 31.1 Å². The Labute approximate surface area is 113 Å². The molecular formula is C14H29NO2S. The van der Waals surface area contributed by atoms with E-state index in [-0.39, 0.29) is 17.2 Å². The first-order valence-corrected chi connectivity index (χ1v) is 8.35. The van der Waals surface area contributed by atoms with Crippen LogP contribution in [0.25, 0.3) is 0 Å². The van der Waals surface area contributed by atoms with E-state index in [0.717, 1.165) is 6.42 Å². The van der Waals surface area contributed by atoms with Crippen LogP contribution in [0.15, 0.2) is 12.2 Å². The molecule has 4 heteroatoms. The van der Waals surface area contributed by atoms with Crippen molar-refractivity contribution in [3.05, 3.63) is 12.2 Å². The van der Waals surface area contributed by atoms with Gasteiger partial charge in [-0.2, -0.15) is 0 Å². The molecule has 0 unspecified atom stereocenters. The van der Waals surface area contributed by atoms with Crippen LogP contribution < -0.4 is 4.72 Å². The summed E-state index contributed by atoms with van der Waals surface area (Å²) in [5.74, 6) is 0.791. The highest BCUT2D eigenvalue weighted by Gasteiger charge is 2.24. The molecule has 0 rings (SSSR count). The summed E-state index contributed by atoms with van der Waals surface area (Å²) >= 11 is 0. The first-order valence-electron chi connectivity index (χ1n) is 6.69. The molecule has 1 N–H and O–H groups in total. The third-order valence-electron chi connectivity index (χ3n) is 2.98. The second kappa shape index (κ2) is 7.29. The summed E-state index contributed by atoms with van der Waals surface area (Å²) in [7, 11) is -3.17.